The average molecular weight is 361 g/mol. The Morgan fingerprint density at radius 2 is 1.80 bits per heavy atom. The Morgan fingerprint density at radius 3 is 2.44 bits per heavy atom. The van der Waals surface area contributed by atoms with E-state index in [2.05, 4.69) is 0 Å². The van der Waals surface area contributed by atoms with Crippen LogP contribution in [0.1, 0.15) is 18.1 Å². The highest BCUT2D eigenvalue weighted by Gasteiger charge is 2.15. The summed E-state index contributed by atoms with van der Waals surface area (Å²) in [7, 11) is -0.406. The zero-order valence-electron chi connectivity index (χ0n) is 14.7. The van der Waals surface area contributed by atoms with Crippen molar-refractivity contribution in [1.82, 2.24) is 4.31 Å². The minimum atomic E-state index is -3.52. The van der Waals surface area contributed by atoms with E-state index < -0.39 is 10.0 Å². The van der Waals surface area contributed by atoms with Crippen LogP contribution in [0.25, 0.3) is 6.08 Å². The van der Waals surface area contributed by atoms with Crippen molar-refractivity contribution in [2.45, 2.75) is 13.5 Å². The first-order chi connectivity index (χ1) is 12.0. The fourth-order valence-electron chi connectivity index (χ4n) is 2.26. The van der Waals surface area contributed by atoms with Crippen LogP contribution in [0.5, 0.6) is 11.5 Å². The van der Waals surface area contributed by atoms with Gasteiger partial charge < -0.3 is 9.47 Å². The van der Waals surface area contributed by atoms with Gasteiger partial charge in [-0.15, -0.1) is 0 Å². The lowest BCUT2D eigenvalue weighted by molar-refractivity contribution is 0.310. The molecule has 0 aliphatic heterocycles. The summed E-state index contributed by atoms with van der Waals surface area (Å²) in [4.78, 5) is 0. The Balaban J connectivity index is 2.12. The third-order valence-electron chi connectivity index (χ3n) is 3.60. The summed E-state index contributed by atoms with van der Waals surface area (Å²) in [6.45, 7) is 2.67. The van der Waals surface area contributed by atoms with E-state index in [0.717, 1.165) is 11.1 Å². The van der Waals surface area contributed by atoms with Crippen molar-refractivity contribution < 1.29 is 17.9 Å². The van der Waals surface area contributed by atoms with Gasteiger partial charge in [-0.2, -0.15) is 4.31 Å². The quantitative estimate of drug-likeness (QED) is 0.722. The summed E-state index contributed by atoms with van der Waals surface area (Å²) in [5.74, 6) is 1.23. The fourth-order valence-corrected chi connectivity index (χ4v) is 3.13. The normalized spacial score (nSPS) is 11.8. The zero-order valence-corrected chi connectivity index (χ0v) is 15.5. The summed E-state index contributed by atoms with van der Waals surface area (Å²) in [5.41, 5.74) is 1.65. The van der Waals surface area contributed by atoms with Gasteiger partial charge in [0.05, 0.1) is 13.7 Å². The van der Waals surface area contributed by atoms with Crippen molar-refractivity contribution in [3.05, 3.63) is 65.1 Å². The maximum absolute atomic E-state index is 12.4. The van der Waals surface area contributed by atoms with Gasteiger partial charge in [0.1, 0.15) is 0 Å². The smallest absolute Gasteiger partial charge is 0.236 e. The highest BCUT2D eigenvalue weighted by Crippen LogP contribution is 2.28. The number of hydrogen-bond donors (Lipinski definition) is 0. The van der Waals surface area contributed by atoms with E-state index in [1.807, 2.05) is 43.3 Å². The van der Waals surface area contributed by atoms with Crippen LogP contribution in [0.3, 0.4) is 0 Å². The van der Waals surface area contributed by atoms with E-state index in [9.17, 15) is 8.42 Å². The van der Waals surface area contributed by atoms with Gasteiger partial charge in [-0.3, -0.25) is 0 Å². The number of methoxy groups -OCH3 is 1. The van der Waals surface area contributed by atoms with Crippen molar-refractivity contribution >= 4 is 16.1 Å². The molecular weight excluding hydrogens is 338 g/mol. The molecule has 0 aliphatic rings. The van der Waals surface area contributed by atoms with Crippen molar-refractivity contribution in [1.29, 1.82) is 0 Å². The number of hydrogen-bond acceptors (Lipinski definition) is 4. The van der Waals surface area contributed by atoms with Gasteiger partial charge >= 0.3 is 0 Å². The molecule has 0 atom stereocenters. The lowest BCUT2D eigenvalue weighted by atomic mass is 10.2. The molecule has 0 N–H and O–H groups in total. The van der Waals surface area contributed by atoms with Crippen molar-refractivity contribution in [2.24, 2.45) is 0 Å². The minimum absolute atomic E-state index is 0.240. The van der Waals surface area contributed by atoms with Crippen LogP contribution in [0.4, 0.5) is 0 Å². The number of ether oxygens (including phenoxy) is 2. The van der Waals surface area contributed by atoms with Crippen molar-refractivity contribution in [3.63, 3.8) is 0 Å². The Hall–Kier alpha value is -2.31. The molecule has 0 fully saturated rings. The van der Waals surface area contributed by atoms with Gasteiger partial charge in [0.15, 0.2) is 11.5 Å². The molecule has 0 aromatic heterocycles. The van der Waals surface area contributed by atoms with Gasteiger partial charge in [0, 0.05) is 19.0 Å². The van der Waals surface area contributed by atoms with E-state index in [0.29, 0.717) is 18.1 Å². The Morgan fingerprint density at radius 1 is 1.08 bits per heavy atom. The monoisotopic (exact) mass is 361 g/mol. The van der Waals surface area contributed by atoms with Crippen LogP contribution in [0.15, 0.2) is 53.9 Å². The second kappa shape index (κ2) is 8.69. The summed E-state index contributed by atoms with van der Waals surface area (Å²) in [6.07, 6.45) is 1.59. The van der Waals surface area contributed by atoms with Gasteiger partial charge in [0.25, 0.3) is 0 Å². The first-order valence-corrected chi connectivity index (χ1v) is 9.45. The van der Waals surface area contributed by atoms with Crippen LogP contribution in [0.2, 0.25) is 0 Å². The standard InChI is InChI=1S/C19H23NO4S/c1-4-24-18-11-10-17(14-19(18)23-3)15-20(2)25(21,22)13-12-16-8-6-5-7-9-16/h5-14H,4,15H2,1-3H3/b13-12+. The molecule has 25 heavy (non-hydrogen) atoms. The molecule has 0 bridgehead atoms. The maximum atomic E-state index is 12.4. The molecule has 0 spiro atoms. The summed E-state index contributed by atoms with van der Waals surface area (Å²) in [6, 6.07) is 14.7. The molecule has 2 rings (SSSR count). The number of nitrogens with zero attached hydrogens (tertiary/aromatic N) is 1. The summed E-state index contributed by atoms with van der Waals surface area (Å²) in [5, 5.41) is 1.22. The molecule has 0 amide bonds. The predicted octanol–water partition coefficient (Wildman–Crippen LogP) is 3.53. The van der Waals surface area contributed by atoms with E-state index in [1.54, 1.807) is 32.4 Å². The lowest BCUT2D eigenvalue weighted by Gasteiger charge is -2.16. The van der Waals surface area contributed by atoms with Crippen LogP contribution >= 0.6 is 0 Å². The molecule has 0 heterocycles. The molecule has 2 aromatic rings. The largest absolute Gasteiger partial charge is 0.493 e. The Labute approximate surface area is 149 Å². The zero-order chi connectivity index (χ0) is 18.3. The summed E-state index contributed by atoms with van der Waals surface area (Å²) < 4.78 is 36.9. The van der Waals surface area contributed by atoms with Gasteiger partial charge in [0.2, 0.25) is 10.0 Å². The first-order valence-electron chi connectivity index (χ1n) is 7.95. The minimum Gasteiger partial charge on any atom is -0.493 e. The first kappa shape index (κ1) is 19.0. The number of sulfonamides is 1. The SMILES string of the molecule is CCOc1ccc(CN(C)S(=O)(=O)/C=C/c2ccccc2)cc1OC. The molecule has 134 valence electrons. The van der Waals surface area contributed by atoms with E-state index in [1.165, 1.54) is 9.71 Å². The maximum Gasteiger partial charge on any atom is 0.236 e. The van der Waals surface area contributed by atoms with E-state index >= 15 is 0 Å². The van der Waals surface area contributed by atoms with Crippen molar-refractivity contribution in [2.75, 3.05) is 20.8 Å². The third kappa shape index (κ3) is 5.34. The van der Waals surface area contributed by atoms with Gasteiger partial charge in [-0.05, 0) is 36.3 Å². The molecule has 2 aromatic carbocycles. The molecular formula is C19H23NO4S. The van der Waals surface area contributed by atoms with Gasteiger partial charge in [-0.1, -0.05) is 36.4 Å². The molecule has 0 unspecified atom stereocenters. The molecule has 6 heteroatoms. The van der Waals surface area contributed by atoms with Crippen LogP contribution in [0, 0.1) is 0 Å². The van der Waals surface area contributed by atoms with Gasteiger partial charge in [-0.25, -0.2) is 8.42 Å². The second-order valence-corrected chi connectivity index (χ2v) is 7.36. The molecule has 5 nitrogen and oxygen atoms in total. The lowest BCUT2D eigenvalue weighted by Crippen LogP contribution is -2.24. The topological polar surface area (TPSA) is 55.8 Å². The highest BCUT2D eigenvalue weighted by atomic mass is 32.2. The fraction of sp³-hybridized carbons (Fsp3) is 0.263. The van der Waals surface area contributed by atoms with Crippen LogP contribution in [-0.4, -0.2) is 33.5 Å². The molecule has 0 radical (unpaired) electrons. The molecule has 0 saturated heterocycles. The van der Waals surface area contributed by atoms with Crippen molar-refractivity contribution in [3.8, 4) is 11.5 Å². The second-order valence-electron chi connectivity index (χ2n) is 5.43. The van der Waals surface area contributed by atoms with Crippen LogP contribution < -0.4 is 9.47 Å². The third-order valence-corrected chi connectivity index (χ3v) is 5.08. The Kier molecular flexibility index (Phi) is 6.61. The average Bonchev–Trinajstić information content (AvgIpc) is 2.62. The highest BCUT2D eigenvalue weighted by molar-refractivity contribution is 7.92. The molecule has 0 saturated carbocycles. The molecule has 0 aliphatic carbocycles. The number of rotatable bonds is 8. The predicted molar refractivity (Wildman–Crippen MR) is 100 cm³/mol. The van der Waals surface area contributed by atoms with E-state index in [4.69, 9.17) is 9.47 Å². The summed E-state index contributed by atoms with van der Waals surface area (Å²) >= 11 is 0. The number of benzene rings is 2. The van der Waals surface area contributed by atoms with E-state index in [-0.39, 0.29) is 6.54 Å². The van der Waals surface area contributed by atoms with Crippen LogP contribution in [-0.2, 0) is 16.6 Å². The Bertz CT molecular complexity index is 817.